The van der Waals surface area contributed by atoms with Gasteiger partial charge in [-0.2, -0.15) is 0 Å². The van der Waals surface area contributed by atoms with E-state index in [1.807, 2.05) is 31.3 Å². The van der Waals surface area contributed by atoms with Crippen molar-refractivity contribution in [2.45, 2.75) is 0 Å². The molecule has 0 saturated carbocycles. The normalized spacial score (nSPS) is 15.4. The average Bonchev–Trinajstić information content (AvgIpc) is 2.75. The lowest BCUT2D eigenvalue weighted by atomic mass is 10.2. The van der Waals surface area contributed by atoms with Gasteiger partial charge in [-0.1, -0.05) is 23.7 Å². The summed E-state index contributed by atoms with van der Waals surface area (Å²) in [6.07, 6.45) is 0. The molecule has 1 aromatic carbocycles. The van der Waals surface area contributed by atoms with Crippen LogP contribution in [-0.2, 0) is 0 Å². The summed E-state index contributed by atoms with van der Waals surface area (Å²) in [6, 6.07) is 7.88. The molecule has 0 fully saturated rings. The van der Waals surface area contributed by atoms with Crippen LogP contribution in [0.3, 0.4) is 0 Å². The van der Waals surface area contributed by atoms with Gasteiger partial charge in [-0.15, -0.1) is 0 Å². The van der Waals surface area contributed by atoms with E-state index in [-0.39, 0.29) is 0 Å². The molecule has 1 heterocycles. The molecule has 1 aromatic rings. The van der Waals surface area contributed by atoms with Crippen molar-refractivity contribution in [2.75, 3.05) is 33.2 Å². The third kappa shape index (κ3) is 2.36. The van der Waals surface area contributed by atoms with Crippen molar-refractivity contribution in [2.24, 2.45) is 4.99 Å². The van der Waals surface area contributed by atoms with Gasteiger partial charge in [0.15, 0.2) is 0 Å². The largest absolute Gasteiger partial charge is 0.353 e. The second-order valence-corrected chi connectivity index (χ2v) is 4.18. The van der Waals surface area contributed by atoms with Gasteiger partial charge < -0.3 is 10.2 Å². The van der Waals surface area contributed by atoms with Gasteiger partial charge in [0, 0.05) is 25.2 Å². The Morgan fingerprint density at radius 3 is 3.00 bits per heavy atom. The van der Waals surface area contributed by atoms with Crippen molar-refractivity contribution in [3.05, 3.63) is 34.9 Å². The van der Waals surface area contributed by atoms with Crippen LogP contribution in [0, 0.1) is 0 Å². The zero-order chi connectivity index (χ0) is 11.4. The van der Waals surface area contributed by atoms with E-state index in [1.165, 1.54) is 0 Å². The first-order valence-electron chi connectivity index (χ1n) is 5.52. The number of hydrogen-bond donors (Lipinski definition) is 1. The van der Waals surface area contributed by atoms with Crippen molar-refractivity contribution in [3.8, 4) is 0 Å². The fourth-order valence-electron chi connectivity index (χ4n) is 1.85. The molecule has 1 N–H and O–H groups in total. The van der Waals surface area contributed by atoms with Gasteiger partial charge in [0.2, 0.25) is 0 Å². The maximum absolute atomic E-state index is 6.18. The SMILES string of the molecule is CNCCN1CCN=C1c1ccccc1Cl. The molecule has 0 aromatic heterocycles. The molecule has 1 aliphatic rings. The number of rotatable bonds is 4. The Morgan fingerprint density at radius 2 is 2.25 bits per heavy atom. The average molecular weight is 238 g/mol. The summed E-state index contributed by atoms with van der Waals surface area (Å²) in [4.78, 5) is 6.81. The van der Waals surface area contributed by atoms with E-state index in [1.54, 1.807) is 0 Å². The Balaban J connectivity index is 2.17. The molecule has 3 nitrogen and oxygen atoms in total. The van der Waals surface area contributed by atoms with Gasteiger partial charge in [-0.3, -0.25) is 4.99 Å². The fourth-order valence-corrected chi connectivity index (χ4v) is 2.07. The van der Waals surface area contributed by atoms with Crippen LogP contribution >= 0.6 is 11.6 Å². The second-order valence-electron chi connectivity index (χ2n) is 3.78. The molecule has 0 radical (unpaired) electrons. The summed E-state index contributed by atoms with van der Waals surface area (Å²) in [5.74, 6) is 1.03. The Morgan fingerprint density at radius 1 is 1.44 bits per heavy atom. The summed E-state index contributed by atoms with van der Waals surface area (Å²) in [6.45, 7) is 3.79. The quantitative estimate of drug-likeness (QED) is 0.862. The van der Waals surface area contributed by atoms with Crippen molar-refractivity contribution < 1.29 is 0 Å². The van der Waals surface area contributed by atoms with Crippen LogP contribution in [0.2, 0.25) is 5.02 Å². The lowest BCUT2D eigenvalue weighted by Crippen LogP contribution is -2.34. The first-order chi connectivity index (χ1) is 7.83. The Labute approximate surface area is 101 Å². The van der Waals surface area contributed by atoms with Gasteiger partial charge in [0.1, 0.15) is 5.84 Å². The van der Waals surface area contributed by atoms with Gasteiger partial charge in [0.05, 0.1) is 11.6 Å². The van der Waals surface area contributed by atoms with Crippen molar-refractivity contribution in [3.63, 3.8) is 0 Å². The van der Waals surface area contributed by atoms with Crippen molar-refractivity contribution in [1.82, 2.24) is 10.2 Å². The molecule has 16 heavy (non-hydrogen) atoms. The van der Waals surface area contributed by atoms with Gasteiger partial charge in [0.25, 0.3) is 0 Å². The highest BCUT2D eigenvalue weighted by Crippen LogP contribution is 2.19. The molecule has 2 rings (SSSR count). The first-order valence-corrected chi connectivity index (χ1v) is 5.89. The Hall–Kier alpha value is -1.06. The molecule has 0 spiro atoms. The second kappa shape index (κ2) is 5.32. The smallest absolute Gasteiger partial charge is 0.132 e. The van der Waals surface area contributed by atoms with Crippen LogP contribution in [0.15, 0.2) is 29.3 Å². The first kappa shape index (κ1) is 11.4. The molecule has 0 atom stereocenters. The third-order valence-corrected chi connectivity index (χ3v) is 3.01. The van der Waals surface area contributed by atoms with E-state index in [4.69, 9.17) is 11.6 Å². The highest BCUT2D eigenvalue weighted by Gasteiger charge is 2.19. The molecule has 1 aliphatic heterocycles. The molecule has 4 heteroatoms. The zero-order valence-electron chi connectivity index (χ0n) is 9.41. The number of benzene rings is 1. The predicted octanol–water partition coefficient (Wildman–Crippen LogP) is 1.62. The molecule has 86 valence electrons. The molecular formula is C12H16ClN3. The fraction of sp³-hybridized carbons (Fsp3) is 0.417. The molecule has 0 bridgehead atoms. The zero-order valence-corrected chi connectivity index (χ0v) is 10.2. The third-order valence-electron chi connectivity index (χ3n) is 2.68. The van der Waals surface area contributed by atoms with E-state index in [0.29, 0.717) is 0 Å². The van der Waals surface area contributed by atoms with E-state index >= 15 is 0 Å². The molecule has 0 amide bonds. The number of amidine groups is 1. The number of nitrogens with zero attached hydrogens (tertiary/aromatic N) is 2. The summed E-state index contributed by atoms with van der Waals surface area (Å²) < 4.78 is 0. The highest BCUT2D eigenvalue weighted by atomic mass is 35.5. The van der Waals surface area contributed by atoms with Crippen molar-refractivity contribution >= 4 is 17.4 Å². The number of nitrogens with one attached hydrogen (secondary N) is 1. The molecule has 0 saturated heterocycles. The molecule has 0 unspecified atom stereocenters. The lowest BCUT2D eigenvalue weighted by Gasteiger charge is -2.20. The molecule has 0 aliphatic carbocycles. The van der Waals surface area contributed by atoms with Crippen molar-refractivity contribution in [1.29, 1.82) is 0 Å². The van der Waals surface area contributed by atoms with Crippen LogP contribution < -0.4 is 5.32 Å². The minimum atomic E-state index is 0.776. The van der Waals surface area contributed by atoms with Crippen LogP contribution in [0.25, 0.3) is 0 Å². The summed E-state index contributed by atoms with van der Waals surface area (Å²) >= 11 is 6.18. The van der Waals surface area contributed by atoms with E-state index in [2.05, 4.69) is 15.2 Å². The van der Waals surface area contributed by atoms with Crippen LogP contribution in [0.1, 0.15) is 5.56 Å². The lowest BCUT2D eigenvalue weighted by molar-refractivity contribution is 0.453. The Bertz CT molecular complexity index is 390. The summed E-state index contributed by atoms with van der Waals surface area (Å²) in [5, 5.41) is 3.93. The number of halogens is 1. The molecular weight excluding hydrogens is 222 g/mol. The van der Waals surface area contributed by atoms with Crippen LogP contribution in [0.5, 0.6) is 0 Å². The number of likely N-dealkylation sites (N-methyl/N-ethyl adjacent to an activating group) is 1. The minimum Gasteiger partial charge on any atom is -0.353 e. The highest BCUT2D eigenvalue weighted by molar-refractivity contribution is 6.34. The monoisotopic (exact) mass is 237 g/mol. The number of hydrogen-bond acceptors (Lipinski definition) is 3. The Kier molecular flexibility index (Phi) is 3.80. The van der Waals surface area contributed by atoms with E-state index in [0.717, 1.165) is 42.6 Å². The maximum Gasteiger partial charge on any atom is 0.132 e. The minimum absolute atomic E-state index is 0.776. The summed E-state index contributed by atoms with van der Waals surface area (Å²) in [5.41, 5.74) is 1.04. The number of aliphatic imine (C=N–C) groups is 1. The van der Waals surface area contributed by atoms with Gasteiger partial charge in [-0.25, -0.2) is 0 Å². The summed E-state index contributed by atoms with van der Waals surface area (Å²) in [7, 11) is 1.96. The van der Waals surface area contributed by atoms with Gasteiger partial charge in [-0.05, 0) is 19.2 Å². The maximum atomic E-state index is 6.18. The van der Waals surface area contributed by atoms with E-state index < -0.39 is 0 Å². The topological polar surface area (TPSA) is 27.6 Å². The standard InChI is InChI=1S/C12H16ClN3/c1-14-6-8-16-9-7-15-12(16)10-4-2-3-5-11(10)13/h2-5,14H,6-9H2,1H3. The van der Waals surface area contributed by atoms with Crippen LogP contribution in [0.4, 0.5) is 0 Å². The van der Waals surface area contributed by atoms with Crippen LogP contribution in [-0.4, -0.2) is 44.0 Å². The predicted molar refractivity (Wildman–Crippen MR) is 68.4 cm³/mol. The van der Waals surface area contributed by atoms with E-state index in [9.17, 15) is 0 Å². The van der Waals surface area contributed by atoms with Gasteiger partial charge >= 0.3 is 0 Å².